The molecule has 0 radical (unpaired) electrons. The molecule has 4 nitrogen and oxygen atoms in total. The lowest BCUT2D eigenvalue weighted by atomic mass is 10.3. The molecular formula is C13H14I2N2O2S. The predicted octanol–water partition coefficient (Wildman–Crippen LogP) is 3.61. The lowest BCUT2D eigenvalue weighted by Crippen LogP contribution is -2.02. The molecule has 1 heterocycles. The molecule has 0 unspecified atom stereocenters. The number of rotatable bonds is 7. The second-order valence-electron chi connectivity index (χ2n) is 4.07. The van der Waals surface area contributed by atoms with Crippen LogP contribution in [0.4, 0.5) is 0 Å². The minimum Gasteiger partial charge on any atom is -0.492 e. The molecule has 20 heavy (non-hydrogen) atoms. The molecule has 0 bridgehead atoms. The lowest BCUT2D eigenvalue weighted by molar-refractivity contribution is 0.316. The Labute approximate surface area is 148 Å². The summed E-state index contributed by atoms with van der Waals surface area (Å²) in [6.45, 7) is 0.715. The zero-order valence-electron chi connectivity index (χ0n) is 10.6. The van der Waals surface area contributed by atoms with Gasteiger partial charge in [0.05, 0.1) is 10.2 Å². The van der Waals surface area contributed by atoms with Crippen molar-refractivity contribution in [3.05, 3.63) is 47.7 Å². The van der Waals surface area contributed by atoms with E-state index in [4.69, 9.17) is 4.74 Å². The number of benzene rings is 1. The van der Waals surface area contributed by atoms with Gasteiger partial charge in [0.2, 0.25) is 0 Å². The van der Waals surface area contributed by atoms with Gasteiger partial charge in [-0.05, 0) is 69.5 Å². The molecule has 0 aliphatic carbocycles. The number of H-pyrrole nitrogens is 2. The summed E-state index contributed by atoms with van der Waals surface area (Å²) in [5, 5.41) is 0. The highest BCUT2D eigenvalue weighted by molar-refractivity contribution is 14.1. The highest BCUT2D eigenvalue weighted by atomic mass is 127. The fourth-order valence-electron chi connectivity index (χ4n) is 1.57. The van der Waals surface area contributed by atoms with Crippen LogP contribution >= 0.6 is 56.9 Å². The van der Waals surface area contributed by atoms with Crippen LogP contribution in [-0.4, -0.2) is 22.3 Å². The summed E-state index contributed by atoms with van der Waals surface area (Å²) < 4.78 is 8.17. The normalized spacial score (nSPS) is 10.7. The molecule has 0 saturated heterocycles. The van der Waals surface area contributed by atoms with Crippen molar-refractivity contribution in [2.45, 2.75) is 12.2 Å². The Hall–Kier alpha value is -0.160. The van der Waals surface area contributed by atoms with Crippen LogP contribution in [0.1, 0.15) is 12.1 Å². The summed E-state index contributed by atoms with van der Waals surface area (Å²) in [6.07, 6.45) is 2.71. The number of hydrogen-bond donors (Lipinski definition) is 2. The fraction of sp³-hybridized carbons (Fsp3) is 0.308. The van der Waals surface area contributed by atoms with Crippen molar-refractivity contribution >= 4 is 56.9 Å². The van der Waals surface area contributed by atoms with Gasteiger partial charge in [-0.2, -0.15) is 11.8 Å². The van der Waals surface area contributed by atoms with Gasteiger partial charge in [0.15, 0.2) is 0 Å². The summed E-state index contributed by atoms with van der Waals surface area (Å²) in [4.78, 5) is 16.2. The van der Waals surface area contributed by atoms with Crippen LogP contribution in [0, 0.1) is 7.14 Å². The summed E-state index contributed by atoms with van der Waals surface area (Å²) in [6, 6.07) is 6.08. The maximum absolute atomic E-state index is 10.9. The molecule has 0 saturated carbocycles. The second-order valence-corrected chi connectivity index (χ2v) is 7.42. The lowest BCUT2D eigenvalue weighted by Gasteiger charge is -2.08. The number of hydrogen-bond acceptors (Lipinski definition) is 3. The third-order valence-electron chi connectivity index (χ3n) is 2.52. The van der Waals surface area contributed by atoms with Gasteiger partial charge >= 0.3 is 5.69 Å². The van der Waals surface area contributed by atoms with E-state index in [1.54, 1.807) is 18.0 Å². The van der Waals surface area contributed by atoms with Crippen LogP contribution in [0.2, 0.25) is 0 Å². The quantitative estimate of drug-likeness (QED) is 0.437. The molecular weight excluding hydrogens is 502 g/mol. The van der Waals surface area contributed by atoms with Crippen molar-refractivity contribution in [1.29, 1.82) is 0 Å². The fourth-order valence-corrected chi connectivity index (χ4v) is 3.40. The standard InChI is InChI=1S/C13H14I2N2O2S/c14-10-3-1-4-11(12(10)15)19-5-2-6-20-8-9-7-16-13(18)17-9/h1,3-4,7H,2,5-6,8H2,(H2,16,17,18). The van der Waals surface area contributed by atoms with Gasteiger partial charge in [-0.1, -0.05) is 6.07 Å². The first kappa shape index (κ1) is 16.2. The van der Waals surface area contributed by atoms with Gasteiger partial charge in [-0.15, -0.1) is 0 Å². The topological polar surface area (TPSA) is 57.9 Å². The molecule has 2 aromatic rings. The Morgan fingerprint density at radius 1 is 1.30 bits per heavy atom. The maximum Gasteiger partial charge on any atom is 0.323 e. The molecule has 108 valence electrons. The number of ether oxygens (including phenoxy) is 1. The number of thioether (sulfide) groups is 1. The van der Waals surface area contributed by atoms with Gasteiger partial charge < -0.3 is 14.7 Å². The Morgan fingerprint density at radius 3 is 2.90 bits per heavy atom. The summed E-state index contributed by atoms with van der Waals surface area (Å²) >= 11 is 6.41. The predicted molar refractivity (Wildman–Crippen MR) is 99.6 cm³/mol. The number of imidazole rings is 1. The van der Waals surface area contributed by atoms with Crippen molar-refractivity contribution in [2.24, 2.45) is 0 Å². The van der Waals surface area contributed by atoms with Crippen LogP contribution in [0.5, 0.6) is 5.75 Å². The van der Waals surface area contributed by atoms with Crippen LogP contribution < -0.4 is 10.4 Å². The maximum atomic E-state index is 10.9. The zero-order valence-corrected chi connectivity index (χ0v) is 15.7. The third-order valence-corrected chi connectivity index (χ3v) is 6.65. The Morgan fingerprint density at radius 2 is 2.15 bits per heavy atom. The molecule has 1 aromatic carbocycles. The molecule has 0 fully saturated rings. The van der Waals surface area contributed by atoms with E-state index in [2.05, 4.69) is 61.2 Å². The van der Waals surface area contributed by atoms with E-state index < -0.39 is 0 Å². The second kappa shape index (κ2) is 8.32. The van der Waals surface area contributed by atoms with Gasteiger partial charge in [-0.3, -0.25) is 0 Å². The van der Waals surface area contributed by atoms with Crippen molar-refractivity contribution in [1.82, 2.24) is 9.97 Å². The molecule has 7 heteroatoms. The number of aromatic nitrogens is 2. The molecule has 1 aromatic heterocycles. The van der Waals surface area contributed by atoms with E-state index in [0.717, 1.165) is 29.4 Å². The van der Waals surface area contributed by atoms with Gasteiger partial charge in [0, 0.05) is 21.2 Å². The average molecular weight is 516 g/mol. The van der Waals surface area contributed by atoms with Gasteiger partial charge in [0.1, 0.15) is 5.75 Å². The monoisotopic (exact) mass is 516 g/mol. The van der Waals surface area contributed by atoms with Crippen LogP contribution in [-0.2, 0) is 5.75 Å². The minimum atomic E-state index is -0.141. The SMILES string of the molecule is O=c1[nH]cc(CSCCCOc2cccc(I)c2I)[nH]1. The van der Waals surface area contributed by atoms with E-state index in [1.165, 1.54) is 7.14 Å². The molecule has 2 N–H and O–H groups in total. The summed E-state index contributed by atoms with van der Waals surface area (Å²) in [7, 11) is 0. The van der Waals surface area contributed by atoms with Crippen molar-refractivity contribution in [3.63, 3.8) is 0 Å². The van der Waals surface area contributed by atoms with Crippen LogP contribution in [0.3, 0.4) is 0 Å². The molecule has 2 rings (SSSR count). The number of aromatic amines is 2. The largest absolute Gasteiger partial charge is 0.492 e. The van der Waals surface area contributed by atoms with E-state index >= 15 is 0 Å². The van der Waals surface area contributed by atoms with Crippen molar-refractivity contribution in [3.8, 4) is 5.75 Å². The Kier molecular flexibility index (Phi) is 6.75. The Balaban J connectivity index is 1.64. The van der Waals surface area contributed by atoms with Crippen molar-refractivity contribution in [2.75, 3.05) is 12.4 Å². The van der Waals surface area contributed by atoms with Crippen molar-refractivity contribution < 1.29 is 4.74 Å². The highest BCUT2D eigenvalue weighted by Gasteiger charge is 2.04. The molecule has 0 amide bonds. The molecule has 0 atom stereocenters. The highest BCUT2D eigenvalue weighted by Crippen LogP contribution is 2.25. The van der Waals surface area contributed by atoms with E-state index in [-0.39, 0.29) is 5.69 Å². The smallest absolute Gasteiger partial charge is 0.323 e. The average Bonchev–Trinajstić information content (AvgIpc) is 2.84. The van der Waals surface area contributed by atoms with Crippen LogP contribution in [0.15, 0.2) is 29.2 Å². The summed E-state index contributed by atoms with van der Waals surface area (Å²) in [5.41, 5.74) is 0.797. The van der Waals surface area contributed by atoms with E-state index in [1.807, 2.05) is 12.1 Å². The molecule has 0 aliphatic heterocycles. The summed E-state index contributed by atoms with van der Waals surface area (Å²) in [5.74, 6) is 2.78. The number of halogens is 2. The van der Waals surface area contributed by atoms with Crippen LogP contribution in [0.25, 0.3) is 0 Å². The first-order valence-corrected chi connectivity index (χ1v) is 9.39. The zero-order chi connectivity index (χ0) is 14.4. The molecule has 0 aliphatic rings. The van der Waals surface area contributed by atoms with E-state index in [0.29, 0.717) is 6.61 Å². The van der Waals surface area contributed by atoms with Gasteiger partial charge in [0.25, 0.3) is 0 Å². The first-order valence-electron chi connectivity index (χ1n) is 6.08. The van der Waals surface area contributed by atoms with E-state index in [9.17, 15) is 4.79 Å². The Bertz CT molecular complexity index is 612. The molecule has 0 spiro atoms. The number of nitrogens with one attached hydrogen (secondary N) is 2. The third kappa shape index (κ3) is 4.99. The first-order chi connectivity index (χ1) is 9.66. The van der Waals surface area contributed by atoms with Gasteiger partial charge in [-0.25, -0.2) is 4.79 Å². The minimum absolute atomic E-state index is 0.141.